The van der Waals surface area contributed by atoms with Crippen molar-refractivity contribution in [2.24, 2.45) is 4.99 Å². The van der Waals surface area contributed by atoms with Gasteiger partial charge in [0.25, 0.3) is 17.7 Å². The Labute approximate surface area is 250 Å². The summed E-state index contributed by atoms with van der Waals surface area (Å²) in [7, 11) is 0. The zero-order valence-corrected chi connectivity index (χ0v) is 25.4. The molecule has 2 saturated heterocycles. The van der Waals surface area contributed by atoms with E-state index in [1.54, 1.807) is 24.1 Å². The Morgan fingerprint density at radius 1 is 1.07 bits per heavy atom. The van der Waals surface area contributed by atoms with Gasteiger partial charge in [-0.05, 0) is 92.8 Å². The van der Waals surface area contributed by atoms with Crippen molar-refractivity contribution in [1.82, 2.24) is 14.5 Å². The Morgan fingerprint density at radius 2 is 1.71 bits per heavy atom. The Balaban J connectivity index is 1.19. The molecule has 3 aliphatic heterocycles. The first-order valence-corrected chi connectivity index (χ1v) is 15.2. The van der Waals surface area contributed by atoms with Crippen LogP contribution in [0.4, 0.5) is 8.78 Å². The monoisotopic (exact) mass is 596 g/mol. The van der Waals surface area contributed by atoms with Gasteiger partial charge in [-0.25, -0.2) is 13.1 Å². The Morgan fingerprint density at radius 3 is 2.33 bits per heavy atom. The number of rotatable bonds is 6. The summed E-state index contributed by atoms with van der Waals surface area (Å²) in [4.78, 5) is 32.6. The SMILES string of the molecule is Cc1cc(C(=O)N2CCC(C)(O)CC2)cc(C)c1/C=C/SN1CCC2(CC1)N=C(c1cccc(C(C)(F)F)c1)NC2=O. The number of amidine groups is 1. The first kappa shape index (κ1) is 30.4. The number of halogens is 2. The van der Waals surface area contributed by atoms with Crippen LogP contribution in [0.2, 0.25) is 0 Å². The number of hydrogen-bond donors (Lipinski definition) is 2. The van der Waals surface area contributed by atoms with Crippen molar-refractivity contribution in [1.29, 1.82) is 0 Å². The fraction of sp³-hybridized carbons (Fsp3) is 0.469. The molecule has 0 atom stereocenters. The van der Waals surface area contributed by atoms with Crippen molar-refractivity contribution in [2.45, 2.75) is 70.4 Å². The fourth-order valence-electron chi connectivity index (χ4n) is 5.81. The van der Waals surface area contributed by atoms with Gasteiger partial charge in [0.2, 0.25) is 0 Å². The summed E-state index contributed by atoms with van der Waals surface area (Å²) in [5.41, 5.74) is 2.58. The van der Waals surface area contributed by atoms with Gasteiger partial charge in [0.15, 0.2) is 0 Å². The highest BCUT2D eigenvalue weighted by molar-refractivity contribution is 8.00. The van der Waals surface area contributed by atoms with E-state index < -0.39 is 17.1 Å². The second-order valence-electron chi connectivity index (χ2n) is 12.1. The molecule has 0 saturated carbocycles. The van der Waals surface area contributed by atoms with E-state index in [0.717, 1.165) is 23.6 Å². The highest BCUT2D eigenvalue weighted by atomic mass is 32.2. The molecule has 3 heterocycles. The van der Waals surface area contributed by atoms with E-state index >= 15 is 0 Å². The molecular weight excluding hydrogens is 558 g/mol. The molecule has 2 aromatic rings. The lowest BCUT2D eigenvalue weighted by Crippen LogP contribution is -2.47. The first-order chi connectivity index (χ1) is 19.8. The topological polar surface area (TPSA) is 85.2 Å². The zero-order chi connectivity index (χ0) is 30.3. The minimum Gasteiger partial charge on any atom is -0.390 e. The molecule has 2 amide bonds. The molecule has 0 aromatic heterocycles. The Hall–Kier alpha value is -3.08. The fourth-order valence-corrected chi connectivity index (χ4v) is 6.58. The average Bonchev–Trinajstić information content (AvgIpc) is 3.25. The maximum atomic E-state index is 13.8. The molecule has 10 heteroatoms. The minimum atomic E-state index is -2.97. The van der Waals surface area contributed by atoms with Crippen LogP contribution in [0.5, 0.6) is 0 Å². The summed E-state index contributed by atoms with van der Waals surface area (Å²) in [5, 5.41) is 15.1. The van der Waals surface area contributed by atoms with Gasteiger partial charge < -0.3 is 15.3 Å². The average molecular weight is 597 g/mol. The van der Waals surface area contributed by atoms with E-state index in [1.807, 2.05) is 43.2 Å². The first-order valence-electron chi connectivity index (χ1n) is 14.4. The summed E-state index contributed by atoms with van der Waals surface area (Å²) >= 11 is 1.58. The predicted octanol–water partition coefficient (Wildman–Crippen LogP) is 5.43. The molecule has 7 nitrogen and oxygen atoms in total. The van der Waals surface area contributed by atoms with Gasteiger partial charge in [0, 0.05) is 49.8 Å². The van der Waals surface area contributed by atoms with E-state index in [2.05, 4.69) is 15.7 Å². The number of likely N-dealkylation sites (tertiary alicyclic amines) is 1. The number of benzene rings is 2. The lowest BCUT2D eigenvalue weighted by Gasteiger charge is -2.36. The smallest absolute Gasteiger partial charge is 0.270 e. The van der Waals surface area contributed by atoms with Gasteiger partial charge in [-0.3, -0.25) is 14.6 Å². The molecule has 5 rings (SSSR count). The quantitative estimate of drug-likeness (QED) is 0.435. The summed E-state index contributed by atoms with van der Waals surface area (Å²) in [6.45, 7) is 9.10. The van der Waals surface area contributed by atoms with Crippen LogP contribution in [0.25, 0.3) is 6.08 Å². The predicted molar refractivity (Wildman–Crippen MR) is 163 cm³/mol. The summed E-state index contributed by atoms with van der Waals surface area (Å²) in [6, 6.07) is 9.88. The van der Waals surface area contributed by atoms with Crippen molar-refractivity contribution < 1.29 is 23.5 Å². The zero-order valence-electron chi connectivity index (χ0n) is 24.5. The molecule has 2 fully saturated rings. The number of nitrogens with zero attached hydrogens (tertiary/aromatic N) is 3. The standard InChI is InChI=1S/C32H38F2N4O3S/c1-21-18-24(28(39)37-13-9-30(3,41)10-14-37)19-22(2)26(21)8-17-42-38-15-11-32(12-16-38)29(40)35-27(36-32)23-6-5-7-25(20-23)31(4,33)34/h5-8,17-20,41H,9-16H2,1-4H3,(H,35,36,40)/b17-8+. The number of piperidine rings is 2. The third-order valence-electron chi connectivity index (χ3n) is 8.59. The third-order valence-corrected chi connectivity index (χ3v) is 9.51. The van der Waals surface area contributed by atoms with E-state index in [-0.39, 0.29) is 17.4 Å². The molecule has 1 spiro atoms. The van der Waals surface area contributed by atoms with Crippen molar-refractivity contribution in [3.8, 4) is 0 Å². The Bertz CT molecular complexity index is 1410. The molecule has 2 aromatic carbocycles. The maximum Gasteiger partial charge on any atom is 0.270 e. The lowest BCUT2D eigenvalue weighted by atomic mass is 9.89. The molecule has 0 bridgehead atoms. The van der Waals surface area contributed by atoms with Crippen LogP contribution in [0.15, 0.2) is 46.8 Å². The van der Waals surface area contributed by atoms with Crippen LogP contribution < -0.4 is 5.32 Å². The number of alkyl halides is 2. The van der Waals surface area contributed by atoms with Gasteiger partial charge in [-0.15, -0.1) is 0 Å². The molecule has 2 N–H and O–H groups in total. The number of carbonyl (C=O) groups excluding carboxylic acids is 2. The molecule has 224 valence electrons. The molecule has 3 aliphatic rings. The van der Waals surface area contributed by atoms with E-state index in [9.17, 15) is 23.5 Å². The number of carbonyl (C=O) groups is 2. The number of aliphatic hydroxyl groups is 1. The van der Waals surface area contributed by atoms with E-state index in [4.69, 9.17) is 4.99 Å². The molecule has 42 heavy (non-hydrogen) atoms. The third kappa shape index (κ3) is 6.45. The summed E-state index contributed by atoms with van der Waals surface area (Å²) in [6.07, 6.45) is 4.29. The van der Waals surface area contributed by atoms with Gasteiger partial charge >= 0.3 is 0 Å². The van der Waals surface area contributed by atoms with Crippen LogP contribution in [0.1, 0.15) is 77.7 Å². The van der Waals surface area contributed by atoms with Crippen LogP contribution in [0, 0.1) is 13.8 Å². The van der Waals surface area contributed by atoms with Crippen LogP contribution in [-0.4, -0.2) is 69.3 Å². The largest absolute Gasteiger partial charge is 0.390 e. The van der Waals surface area contributed by atoms with Crippen molar-refractivity contribution in [3.63, 3.8) is 0 Å². The van der Waals surface area contributed by atoms with Crippen molar-refractivity contribution in [2.75, 3.05) is 26.2 Å². The van der Waals surface area contributed by atoms with E-state index in [1.165, 1.54) is 12.1 Å². The molecule has 0 radical (unpaired) electrons. The van der Waals surface area contributed by atoms with Gasteiger partial charge in [0.1, 0.15) is 11.4 Å². The lowest BCUT2D eigenvalue weighted by molar-refractivity contribution is -0.124. The summed E-state index contributed by atoms with van der Waals surface area (Å²) < 4.78 is 29.8. The van der Waals surface area contributed by atoms with Crippen LogP contribution in [0.3, 0.4) is 0 Å². The Kier molecular flexibility index (Phi) is 8.35. The summed E-state index contributed by atoms with van der Waals surface area (Å²) in [5.74, 6) is -2.79. The van der Waals surface area contributed by atoms with Gasteiger partial charge in [-0.1, -0.05) is 30.1 Å². The minimum absolute atomic E-state index is 0.00150. The molecule has 0 aliphatic carbocycles. The second kappa shape index (κ2) is 11.5. The highest BCUT2D eigenvalue weighted by Gasteiger charge is 2.46. The van der Waals surface area contributed by atoms with Crippen molar-refractivity contribution in [3.05, 3.63) is 75.2 Å². The number of amides is 2. The van der Waals surface area contributed by atoms with E-state index in [0.29, 0.717) is 68.8 Å². The molecule has 0 unspecified atom stereocenters. The number of aliphatic imine (C=N–C) groups is 1. The number of hydrogen-bond acceptors (Lipinski definition) is 6. The highest BCUT2D eigenvalue weighted by Crippen LogP contribution is 2.35. The maximum absolute atomic E-state index is 13.8. The van der Waals surface area contributed by atoms with Crippen LogP contribution in [-0.2, 0) is 10.7 Å². The second-order valence-corrected chi connectivity index (χ2v) is 13.1. The van der Waals surface area contributed by atoms with Gasteiger partial charge in [-0.2, -0.15) is 0 Å². The van der Waals surface area contributed by atoms with Crippen LogP contribution >= 0.6 is 11.9 Å². The molecular formula is C32H38F2N4O3S. The number of aryl methyl sites for hydroxylation is 2. The number of nitrogens with one attached hydrogen (secondary N) is 1. The van der Waals surface area contributed by atoms with Gasteiger partial charge in [0.05, 0.1) is 5.60 Å². The normalized spacial score (nSPS) is 20.7. The van der Waals surface area contributed by atoms with Crippen molar-refractivity contribution >= 4 is 35.7 Å².